The highest BCUT2D eigenvalue weighted by molar-refractivity contribution is 7.99. The van der Waals surface area contributed by atoms with Gasteiger partial charge in [0.1, 0.15) is 22.8 Å². The van der Waals surface area contributed by atoms with Gasteiger partial charge in [0.2, 0.25) is 0 Å². The smallest absolute Gasteiger partial charge is 0.138 e. The SMILES string of the molecule is CCSCCCOc1cc(-c2nc3cnccc3[nH]2)cc2cc(OC)ccc12. The van der Waals surface area contributed by atoms with E-state index in [0.717, 1.165) is 62.6 Å². The van der Waals surface area contributed by atoms with Gasteiger partial charge in [-0.3, -0.25) is 4.98 Å². The molecule has 2 heterocycles. The van der Waals surface area contributed by atoms with E-state index in [1.54, 1.807) is 19.5 Å². The van der Waals surface area contributed by atoms with Gasteiger partial charge >= 0.3 is 0 Å². The Bertz CT molecular complexity index is 1060. The summed E-state index contributed by atoms with van der Waals surface area (Å²) in [6, 6.07) is 12.2. The maximum absolute atomic E-state index is 6.17. The second-order valence-electron chi connectivity index (χ2n) is 6.44. The maximum Gasteiger partial charge on any atom is 0.138 e. The number of ether oxygens (including phenoxy) is 2. The number of imidazole rings is 1. The zero-order valence-electron chi connectivity index (χ0n) is 16.1. The van der Waals surface area contributed by atoms with Gasteiger partial charge in [0, 0.05) is 17.1 Å². The Labute approximate surface area is 168 Å². The van der Waals surface area contributed by atoms with Crippen molar-refractivity contribution in [3.05, 3.63) is 48.8 Å². The van der Waals surface area contributed by atoms with Gasteiger partial charge in [-0.1, -0.05) is 6.92 Å². The van der Waals surface area contributed by atoms with E-state index in [-0.39, 0.29) is 0 Å². The summed E-state index contributed by atoms with van der Waals surface area (Å²) in [6.07, 6.45) is 4.55. The van der Waals surface area contributed by atoms with Crippen molar-refractivity contribution in [1.29, 1.82) is 0 Å². The lowest BCUT2D eigenvalue weighted by atomic mass is 10.0. The standard InChI is InChI=1S/C22H23N3O2S/c1-3-28-10-4-9-27-21-13-16(11-15-12-17(26-2)5-6-18(15)21)22-24-19-7-8-23-14-20(19)25-22/h5-8,11-14H,3-4,9-10H2,1-2H3,(H,24,25). The number of hydrogen-bond acceptors (Lipinski definition) is 5. The van der Waals surface area contributed by atoms with E-state index in [1.165, 1.54) is 0 Å². The fourth-order valence-corrected chi connectivity index (χ4v) is 3.79. The molecule has 0 saturated heterocycles. The Balaban J connectivity index is 1.73. The summed E-state index contributed by atoms with van der Waals surface area (Å²) in [6.45, 7) is 2.88. The van der Waals surface area contributed by atoms with Crippen molar-refractivity contribution in [3.8, 4) is 22.9 Å². The fraction of sp³-hybridized carbons (Fsp3) is 0.273. The van der Waals surface area contributed by atoms with Gasteiger partial charge in [-0.15, -0.1) is 0 Å². The van der Waals surface area contributed by atoms with Crippen LogP contribution in [0, 0.1) is 0 Å². The first kappa shape index (κ1) is 18.6. The number of fused-ring (bicyclic) bond motifs is 2. The van der Waals surface area contributed by atoms with Crippen molar-refractivity contribution < 1.29 is 9.47 Å². The molecule has 0 aliphatic rings. The molecule has 144 valence electrons. The first-order valence-corrected chi connectivity index (χ1v) is 10.6. The van der Waals surface area contributed by atoms with E-state index in [1.807, 2.05) is 30.0 Å². The first-order chi connectivity index (χ1) is 13.8. The van der Waals surface area contributed by atoms with Crippen LogP contribution in [-0.2, 0) is 0 Å². The Hall–Kier alpha value is -2.73. The molecular weight excluding hydrogens is 370 g/mol. The van der Waals surface area contributed by atoms with E-state index in [9.17, 15) is 0 Å². The third-order valence-corrected chi connectivity index (χ3v) is 5.56. The molecule has 6 heteroatoms. The molecule has 0 spiro atoms. The van der Waals surface area contributed by atoms with Crippen LogP contribution in [-0.4, -0.2) is 40.2 Å². The zero-order chi connectivity index (χ0) is 19.3. The van der Waals surface area contributed by atoms with Crippen LogP contribution in [0.25, 0.3) is 33.2 Å². The lowest BCUT2D eigenvalue weighted by Crippen LogP contribution is -2.00. The molecule has 4 rings (SSSR count). The largest absolute Gasteiger partial charge is 0.497 e. The van der Waals surface area contributed by atoms with Crippen molar-refractivity contribution in [3.63, 3.8) is 0 Å². The second-order valence-corrected chi connectivity index (χ2v) is 7.83. The van der Waals surface area contributed by atoms with Crippen LogP contribution in [0.1, 0.15) is 13.3 Å². The molecule has 0 atom stereocenters. The van der Waals surface area contributed by atoms with Crippen LogP contribution >= 0.6 is 11.8 Å². The zero-order valence-corrected chi connectivity index (χ0v) is 16.9. The third-order valence-electron chi connectivity index (χ3n) is 4.58. The third kappa shape index (κ3) is 3.92. The monoisotopic (exact) mass is 393 g/mol. The van der Waals surface area contributed by atoms with Crippen LogP contribution in [0.5, 0.6) is 11.5 Å². The van der Waals surface area contributed by atoms with Gasteiger partial charge in [-0.2, -0.15) is 11.8 Å². The van der Waals surface area contributed by atoms with E-state index < -0.39 is 0 Å². The number of nitrogens with one attached hydrogen (secondary N) is 1. The number of aromatic amines is 1. The number of rotatable bonds is 8. The average Bonchev–Trinajstić information content (AvgIpc) is 3.17. The van der Waals surface area contributed by atoms with Gasteiger partial charge in [0.15, 0.2) is 0 Å². The molecule has 0 unspecified atom stereocenters. The molecule has 0 aliphatic carbocycles. The van der Waals surface area contributed by atoms with Crippen molar-refractivity contribution in [2.75, 3.05) is 25.2 Å². The Morgan fingerprint density at radius 3 is 2.89 bits per heavy atom. The van der Waals surface area contributed by atoms with Gasteiger partial charge in [0.05, 0.1) is 25.4 Å². The highest BCUT2D eigenvalue weighted by atomic mass is 32.2. The highest BCUT2D eigenvalue weighted by Crippen LogP contribution is 2.34. The lowest BCUT2D eigenvalue weighted by molar-refractivity contribution is 0.322. The molecule has 0 saturated carbocycles. The summed E-state index contributed by atoms with van der Waals surface area (Å²) in [5.74, 6) is 4.75. The quantitative estimate of drug-likeness (QED) is 0.411. The molecular formula is C22H23N3O2S. The summed E-state index contributed by atoms with van der Waals surface area (Å²) in [5, 5.41) is 2.14. The fourth-order valence-electron chi connectivity index (χ4n) is 3.18. The first-order valence-electron chi connectivity index (χ1n) is 9.41. The van der Waals surface area contributed by atoms with E-state index in [4.69, 9.17) is 9.47 Å². The Morgan fingerprint density at radius 1 is 1.14 bits per heavy atom. The Kier molecular flexibility index (Phi) is 5.67. The number of aromatic nitrogens is 3. The molecule has 0 aliphatic heterocycles. The normalized spacial score (nSPS) is 11.2. The van der Waals surface area contributed by atoms with Gasteiger partial charge in [-0.25, -0.2) is 4.98 Å². The maximum atomic E-state index is 6.17. The van der Waals surface area contributed by atoms with E-state index >= 15 is 0 Å². The molecule has 4 aromatic rings. The predicted molar refractivity (Wildman–Crippen MR) is 116 cm³/mol. The lowest BCUT2D eigenvalue weighted by Gasteiger charge is -2.12. The summed E-state index contributed by atoms with van der Waals surface area (Å²) in [5.41, 5.74) is 2.80. The van der Waals surface area contributed by atoms with Crippen LogP contribution < -0.4 is 9.47 Å². The molecule has 0 bridgehead atoms. The number of thioether (sulfide) groups is 1. The summed E-state index contributed by atoms with van der Waals surface area (Å²) in [4.78, 5) is 12.2. The minimum atomic E-state index is 0.696. The van der Waals surface area contributed by atoms with Crippen molar-refractivity contribution in [1.82, 2.24) is 15.0 Å². The molecule has 28 heavy (non-hydrogen) atoms. The Morgan fingerprint density at radius 2 is 2.07 bits per heavy atom. The number of benzene rings is 2. The van der Waals surface area contributed by atoms with Gasteiger partial charge < -0.3 is 14.5 Å². The predicted octanol–water partition coefficient (Wildman–Crippen LogP) is 5.31. The average molecular weight is 394 g/mol. The van der Waals surface area contributed by atoms with Crippen LogP contribution in [0.2, 0.25) is 0 Å². The van der Waals surface area contributed by atoms with Crippen molar-refractivity contribution in [2.45, 2.75) is 13.3 Å². The topological polar surface area (TPSA) is 60.0 Å². The highest BCUT2D eigenvalue weighted by Gasteiger charge is 2.11. The molecule has 2 aromatic heterocycles. The summed E-state index contributed by atoms with van der Waals surface area (Å²) >= 11 is 1.94. The number of pyridine rings is 1. The molecule has 0 fully saturated rings. The van der Waals surface area contributed by atoms with Crippen molar-refractivity contribution >= 4 is 33.6 Å². The summed E-state index contributed by atoms with van der Waals surface area (Å²) in [7, 11) is 1.68. The molecule has 5 nitrogen and oxygen atoms in total. The number of H-pyrrole nitrogens is 1. The number of nitrogens with zero attached hydrogens (tertiary/aromatic N) is 2. The number of methoxy groups -OCH3 is 1. The summed E-state index contributed by atoms with van der Waals surface area (Å²) < 4.78 is 11.6. The van der Waals surface area contributed by atoms with Crippen LogP contribution in [0.3, 0.4) is 0 Å². The molecule has 2 aromatic carbocycles. The second kappa shape index (κ2) is 8.52. The number of hydrogen-bond donors (Lipinski definition) is 1. The minimum absolute atomic E-state index is 0.696. The van der Waals surface area contributed by atoms with Crippen molar-refractivity contribution in [2.24, 2.45) is 0 Å². The van der Waals surface area contributed by atoms with Crippen LogP contribution in [0.4, 0.5) is 0 Å². The molecule has 0 amide bonds. The molecule has 0 radical (unpaired) electrons. The van der Waals surface area contributed by atoms with Gasteiger partial charge in [0.25, 0.3) is 0 Å². The minimum Gasteiger partial charge on any atom is -0.497 e. The van der Waals surface area contributed by atoms with Gasteiger partial charge in [-0.05, 0) is 59.7 Å². The molecule has 1 N–H and O–H groups in total. The van der Waals surface area contributed by atoms with Crippen LogP contribution in [0.15, 0.2) is 48.8 Å². The van der Waals surface area contributed by atoms with E-state index in [2.05, 4.69) is 40.1 Å². The van der Waals surface area contributed by atoms with E-state index in [0.29, 0.717) is 6.61 Å².